The number of hydrogen-bond acceptors (Lipinski definition) is 3. The number of hydrogen-bond donors (Lipinski definition) is 0. The van der Waals surface area contributed by atoms with Gasteiger partial charge in [-0.1, -0.05) is 0 Å². The van der Waals surface area contributed by atoms with E-state index in [-0.39, 0.29) is 0 Å². The van der Waals surface area contributed by atoms with Gasteiger partial charge in [-0.2, -0.15) is 0 Å². The molecule has 4 heteroatoms. The van der Waals surface area contributed by atoms with Gasteiger partial charge < -0.3 is 0 Å². The Bertz CT molecular complexity index is 372. The van der Waals surface area contributed by atoms with Crippen LogP contribution in [-0.4, -0.2) is 9.97 Å². The quantitative estimate of drug-likeness (QED) is 0.767. The zero-order chi connectivity index (χ0) is 8.39. The first-order valence-electron chi connectivity index (χ1n) is 3.37. The van der Waals surface area contributed by atoms with Crippen molar-refractivity contribution >= 4 is 27.3 Å². The molecule has 0 bridgehead atoms. The van der Waals surface area contributed by atoms with E-state index in [0.717, 1.165) is 15.0 Å². The molecule has 2 rings (SSSR count). The molecule has 2 nitrogen and oxygen atoms in total. The van der Waals surface area contributed by atoms with Gasteiger partial charge in [0, 0.05) is 12.4 Å². The van der Waals surface area contributed by atoms with Gasteiger partial charge in [-0.3, -0.25) is 4.98 Å². The molecule has 0 unspecified atom stereocenters. The zero-order valence-corrected chi connectivity index (χ0v) is 8.47. The van der Waals surface area contributed by atoms with Crippen molar-refractivity contribution in [1.82, 2.24) is 9.97 Å². The Hall–Kier alpha value is -0.740. The minimum Gasteiger partial charge on any atom is -0.265 e. The second-order valence-corrected chi connectivity index (χ2v) is 3.81. The van der Waals surface area contributed by atoms with Crippen LogP contribution in [0.5, 0.6) is 0 Å². The number of nitrogens with zero attached hydrogens (tertiary/aromatic N) is 2. The lowest BCUT2D eigenvalue weighted by molar-refractivity contribution is 1.32. The average molecular weight is 241 g/mol. The fraction of sp³-hybridized carbons (Fsp3) is 0. The SMILES string of the molecule is Brc1ncsc1-c1ccncc1. The second kappa shape index (κ2) is 3.33. The van der Waals surface area contributed by atoms with E-state index in [1.165, 1.54) is 0 Å². The van der Waals surface area contributed by atoms with E-state index in [2.05, 4.69) is 25.9 Å². The maximum atomic E-state index is 4.11. The maximum absolute atomic E-state index is 4.11. The second-order valence-electron chi connectivity index (χ2n) is 2.21. The standard InChI is InChI=1S/C8H5BrN2S/c9-8-7(12-5-11-8)6-1-3-10-4-2-6/h1-5H. The number of pyridine rings is 1. The predicted octanol–water partition coefficient (Wildman–Crippen LogP) is 2.97. The highest BCUT2D eigenvalue weighted by Crippen LogP contribution is 2.30. The molecular weight excluding hydrogens is 236 g/mol. The lowest BCUT2D eigenvalue weighted by atomic mass is 10.2. The summed E-state index contributed by atoms with van der Waals surface area (Å²) < 4.78 is 0.902. The molecule has 0 amide bonds. The molecule has 0 aliphatic heterocycles. The summed E-state index contributed by atoms with van der Waals surface area (Å²) >= 11 is 5.00. The molecule has 0 aliphatic rings. The monoisotopic (exact) mass is 240 g/mol. The Morgan fingerprint density at radius 3 is 2.58 bits per heavy atom. The molecule has 12 heavy (non-hydrogen) atoms. The summed E-state index contributed by atoms with van der Waals surface area (Å²) in [5.41, 5.74) is 2.97. The predicted molar refractivity (Wildman–Crippen MR) is 53.0 cm³/mol. The van der Waals surface area contributed by atoms with Gasteiger partial charge >= 0.3 is 0 Å². The highest BCUT2D eigenvalue weighted by atomic mass is 79.9. The molecule has 0 aliphatic carbocycles. The molecule has 2 aromatic rings. The molecule has 2 aromatic heterocycles. The van der Waals surface area contributed by atoms with Gasteiger partial charge in [-0.25, -0.2) is 4.98 Å². The van der Waals surface area contributed by atoms with E-state index < -0.39 is 0 Å². The van der Waals surface area contributed by atoms with E-state index in [9.17, 15) is 0 Å². The van der Waals surface area contributed by atoms with E-state index in [4.69, 9.17) is 0 Å². The smallest absolute Gasteiger partial charge is 0.124 e. The normalized spacial score (nSPS) is 10.1. The van der Waals surface area contributed by atoms with E-state index in [0.29, 0.717) is 0 Å². The van der Waals surface area contributed by atoms with Gasteiger partial charge in [-0.15, -0.1) is 11.3 Å². The molecule has 0 saturated carbocycles. The molecule has 2 heterocycles. The van der Waals surface area contributed by atoms with Crippen LogP contribution in [0.15, 0.2) is 34.6 Å². The van der Waals surface area contributed by atoms with Crippen LogP contribution in [0.4, 0.5) is 0 Å². The molecule has 0 fully saturated rings. The van der Waals surface area contributed by atoms with Gasteiger partial charge in [0.05, 0.1) is 10.4 Å². The molecular formula is C8H5BrN2S. The number of thiazole rings is 1. The Balaban J connectivity index is 2.51. The Morgan fingerprint density at radius 1 is 1.25 bits per heavy atom. The lowest BCUT2D eigenvalue weighted by Crippen LogP contribution is -1.74. The highest BCUT2D eigenvalue weighted by molar-refractivity contribution is 9.10. The molecule has 0 spiro atoms. The van der Waals surface area contributed by atoms with Crippen LogP contribution < -0.4 is 0 Å². The minimum atomic E-state index is 0.902. The summed E-state index contributed by atoms with van der Waals surface area (Å²) in [6.45, 7) is 0. The molecule has 0 atom stereocenters. The molecule has 0 radical (unpaired) electrons. The first kappa shape index (κ1) is 7.89. The van der Waals surface area contributed by atoms with Crippen LogP contribution >= 0.6 is 27.3 Å². The van der Waals surface area contributed by atoms with Crippen LogP contribution in [0.2, 0.25) is 0 Å². The third kappa shape index (κ3) is 1.40. The van der Waals surface area contributed by atoms with Crippen molar-refractivity contribution < 1.29 is 0 Å². The fourth-order valence-electron chi connectivity index (χ4n) is 0.923. The summed E-state index contributed by atoms with van der Waals surface area (Å²) in [6, 6.07) is 3.94. The van der Waals surface area contributed by atoms with E-state index >= 15 is 0 Å². The third-order valence-electron chi connectivity index (χ3n) is 1.47. The summed E-state index contributed by atoms with van der Waals surface area (Å²) in [4.78, 5) is 9.21. The van der Waals surface area contributed by atoms with Gasteiger partial charge in [0.25, 0.3) is 0 Å². The Labute approximate surface area is 82.4 Å². The molecule has 0 saturated heterocycles. The molecule has 0 N–H and O–H groups in total. The van der Waals surface area contributed by atoms with Crippen molar-refractivity contribution in [2.45, 2.75) is 0 Å². The van der Waals surface area contributed by atoms with E-state index in [1.54, 1.807) is 23.7 Å². The summed E-state index contributed by atoms with van der Waals surface area (Å²) in [6.07, 6.45) is 3.56. The van der Waals surface area contributed by atoms with Crippen LogP contribution in [0, 0.1) is 0 Å². The van der Waals surface area contributed by atoms with Gasteiger partial charge in [0.1, 0.15) is 4.60 Å². The zero-order valence-electron chi connectivity index (χ0n) is 6.07. The van der Waals surface area contributed by atoms with E-state index in [1.807, 2.05) is 17.6 Å². The number of rotatable bonds is 1. The maximum Gasteiger partial charge on any atom is 0.124 e. The topological polar surface area (TPSA) is 25.8 Å². The van der Waals surface area contributed by atoms with Crippen LogP contribution in [-0.2, 0) is 0 Å². The van der Waals surface area contributed by atoms with Crippen LogP contribution in [0.1, 0.15) is 0 Å². The van der Waals surface area contributed by atoms with Crippen LogP contribution in [0.3, 0.4) is 0 Å². The summed E-state index contributed by atoms with van der Waals surface area (Å²) in [5, 5.41) is 0. The fourth-order valence-corrected chi connectivity index (χ4v) is 2.36. The van der Waals surface area contributed by atoms with Gasteiger partial charge in [-0.05, 0) is 33.6 Å². The van der Waals surface area contributed by atoms with Gasteiger partial charge in [0.15, 0.2) is 0 Å². The van der Waals surface area contributed by atoms with Gasteiger partial charge in [0.2, 0.25) is 0 Å². The van der Waals surface area contributed by atoms with Crippen molar-refractivity contribution in [2.75, 3.05) is 0 Å². The lowest BCUT2D eigenvalue weighted by Gasteiger charge is -1.94. The largest absolute Gasteiger partial charge is 0.265 e. The van der Waals surface area contributed by atoms with Crippen molar-refractivity contribution in [3.05, 3.63) is 34.6 Å². The Morgan fingerprint density at radius 2 is 2.00 bits per heavy atom. The minimum absolute atomic E-state index is 0.902. The van der Waals surface area contributed by atoms with Crippen LogP contribution in [0.25, 0.3) is 10.4 Å². The summed E-state index contributed by atoms with van der Waals surface area (Å²) in [7, 11) is 0. The average Bonchev–Trinajstić information content (AvgIpc) is 2.53. The van der Waals surface area contributed by atoms with Crippen molar-refractivity contribution in [1.29, 1.82) is 0 Å². The van der Waals surface area contributed by atoms with Crippen molar-refractivity contribution in [2.24, 2.45) is 0 Å². The van der Waals surface area contributed by atoms with Crippen molar-refractivity contribution in [3.63, 3.8) is 0 Å². The number of halogens is 1. The molecule has 0 aromatic carbocycles. The first-order chi connectivity index (χ1) is 5.88. The Kier molecular flexibility index (Phi) is 2.19. The third-order valence-corrected chi connectivity index (χ3v) is 3.21. The first-order valence-corrected chi connectivity index (χ1v) is 5.04. The highest BCUT2D eigenvalue weighted by Gasteiger charge is 2.03. The van der Waals surface area contributed by atoms with Crippen molar-refractivity contribution in [3.8, 4) is 10.4 Å². The molecule has 60 valence electrons. The summed E-state index contributed by atoms with van der Waals surface area (Å²) in [5.74, 6) is 0. The number of aromatic nitrogens is 2.